The Bertz CT molecular complexity index is 1900. The molecule has 0 fully saturated rings. The fourth-order valence-electron chi connectivity index (χ4n) is 4.83. The van der Waals surface area contributed by atoms with E-state index in [2.05, 4.69) is 25.6 Å². The van der Waals surface area contributed by atoms with Crippen molar-refractivity contribution in [1.29, 1.82) is 0 Å². The Balaban J connectivity index is 1.42. The summed E-state index contributed by atoms with van der Waals surface area (Å²) >= 11 is 3.45. The first-order valence-electron chi connectivity index (χ1n) is 13.4. The summed E-state index contributed by atoms with van der Waals surface area (Å²) in [5.74, 6) is 0.290. The molecule has 0 bridgehead atoms. The van der Waals surface area contributed by atoms with Gasteiger partial charge < -0.3 is 14.4 Å². The monoisotopic (exact) mass is 626 g/mol. The molecule has 214 valence electrons. The largest absolute Gasteiger partial charge is 0.489 e. The number of aromatic carboxylic acids is 1. The molecule has 0 radical (unpaired) electrons. The van der Waals surface area contributed by atoms with Gasteiger partial charge in [0.05, 0.1) is 22.7 Å². The van der Waals surface area contributed by atoms with Gasteiger partial charge in [-0.1, -0.05) is 48.8 Å². The highest BCUT2D eigenvalue weighted by Gasteiger charge is 2.23. The average molecular weight is 628 g/mol. The summed E-state index contributed by atoms with van der Waals surface area (Å²) in [4.78, 5) is 29.5. The minimum atomic E-state index is -0.966. The Morgan fingerprint density at radius 1 is 1.05 bits per heavy atom. The number of carbonyl (C=O) groups is 1. The van der Waals surface area contributed by atoms with Crippen LogP contribution in [0, 0.1) is 13.8 Å². The molecule has 0 atom stereocenters. The third-order valence-electron chi connectivity index (χ3n) is 6.94. The number of carboxylic acids is 1. The molecule has 0 saturated heterocycles. The lowest BCUT2D eigenvalue weighted by Crippen LogP contribution is -2.29. The summed E-state index contributed by atoms with van der Waals surface area (Å²) in [7, 11) is 0. The molecule has 0 aliphatic rings. The molecule has 0 amide bonds. The number of aromatic nitrogens is 3. The Morgan fingerprint density at radius 2 is 1.79 bits per heavy atom. The van der Waals surface area contributed by atoms with E-state index in [4.69, 9.17) is 9.72 Å². The summed E-state index contributed by atoms with van der Waals surface area (Å²) in [6.07, 6.45) is 1.71. The molecule has 0 aliphatic carbocycles. The summed E-state index contributed by atoms with van der Waals surface area (Å²) in [5.41, 5.74) is 4.84. The number of fused-ring (bicyclic) bond motifs is 1. The van der Waals surface area contributed by atoms with E-state index in [1.807, 2.05) is 83.1 Å². The Labute approximate surface area is 252 Å². The van der Waals surface area contributed by atoms with Crippen LogP contribution in [0.3, 0.4) is 0 Å². The molecule has 0 aliphatic heterocycles. The molecule has 9 heteroatoms. The van der Waals surface area contributed by atoms with Gasteiger partial charge in [0.15, 0.2) is 0 Å². The predicted molar refractivity (Wildman–Crippen MR) is 168 cm³/mol. The summed E-state index contributed by atoms with van der Waals surface area (Å²) in [6, 6.07) is 21.9. The van der Waals surface area contributed by atoms with Gasteiger partial charge in [0.1, 0.15) is 18.2 Å². The second-order valence-corrected chi connectivity index (χ2v) is 12.1. The minimum absolute atomic E-state index is 0.221. The normalized spacial score (nSPS) is 11.9. The molecule has 3 aromatic carbocycles. The van der Waals surface area contributed by atoms with Crippen molar-refractivity contribution in [3.63, 3.8) is 0 Å². The van der Waals surface area contributed by atoms with Crippen molar-refractivity contribution in [1.82, 2.24) is 14.2 Å². The van der Waals surface area contributed by atoms with Crippen LogP contribution in [0.5, 0.6) is 5.75 Å². The van der Waals surface area contributed by atoms with Gasteiger partial charge in [0.25, 0.3) is 5.56 Å². The standard InChI is InChI=1S/C33H31BrN4O4/c1-20-15-24(18-35-38-30(39)28-17-25(34)9-14-29(28)36-32(38)33(3,4)5)21(2)37(20)26-10-12-27(13-11-26)42-19-22-7-6-8-23(16-22)31(40)41/h6-18H,19H2,1-5H3,(H,40,41). The quantitative estimate of drug-likeness (QED) is 0.196. The van der Waals surface area contributed by atoms with Gasteiger partial charge in [-0.15, -0.1) is 0 Å². The first-order valence-corrected chi connectivity index (χ1v) is 14.2. The lowest BCUT2D eigenvalue weighted by molar-refractivity contribution is 0.0696. The Hall–Kier alpha value is -4.50. The van der Waals surface area contributed by atoms with Crippen LogP contribution in [-0.4, -0.2) is 31.5 Å². The van der Waals surface area contributed by atoms with Crippen molar-refractivity contribution >= 4 is 39.0 Å². The summed E-state index contributed by atoms with van der Waals surface area (Å²) in [6.45, 7) is 10.3. The molecular formula is C33H31BrN4O4. The van der Waals surface area contributed by atoms with Crippen molar-refractivity contribution in [2.45, 2.75) is 46.6 Å². The zero-order valence-electron chi connectivity index (χ0n) is 24.1. The Morgan fingerprint density at radius 3 is 2.48 bits per heavy atom. The molecule has 0 saturated carbocycles. The van der Waals surface area contributed by atoms with Crippen LogP contribution in [0.2, 0.25) is 0 Å². The molecule has 5 aromatic rings. The van der Waals surface area contributed by atoms with Gasteiger partial charge in [-0.3, -0.25) is 4.79 Å². The smallest absolute Gasteiger partial charge is 0.335 e. The van der Waals surface area contributed by atoms with E-state index in [0.29, 0.717) is 22.5 Å². The molecule has 8 nitrogen and oxygen atoms in total. The van der Waals surface area contributed by atoms with Crippen LogP contribution in [0.4, 0.5) is 0 Å². The lowest BCUT2D eigenvalue weighted by atomic mass is 9.95. The van der Waals surface area contributed by atoms with E-state index in [1.54, 1.807) is 30.5 Å². The van der Waals surface area contributed by atoms with Crippen molar-refractivity contribution in [2.24, 2.45) is 5.10 Å². The third kappa shape index (κ3) is 5.92. The molecule has 0 spiro atoms. The number of rotatable bonds is 7. The van der Waals surface area contributed by atoms with E-state index < -0.39 is 11.4 Å². The van der Waals surface area contributed by atoms with Gasteiger partial charge in [-0.2, -0.15) is 9.78 Å². The Kier molecular flexibility index (Phi) is 7.88. The van der Waals surface area contributed by atoms with E-state index in [0.717, 1.165) is 32.7 Å². The topological polar surface area (TPSA) is 98.7 Å². The molecular weight excluding hydrogens is 596 g/mol. The van der Waals surface area contributed by atoms with Gasteiger partial charge in [0.2, 0.25) is 0 Å². The van der Waals surface area contributed by atoms with Crippen molar-refractivity contribution < 1.29 is 14.6 Å². The van der Waals surface area contributed by atoms with Crippen LogP contribution in [0.25, 0.3) is 16.6 Å². The molecule has 2 aromatic heterocycles. The highest BCUT2D eigenvalue weighted by atomic mass is 79.9. The second kappa shape index (κ2) is 11.4. The van der Waals surface area contributed by atoms with Crippen LogP contribution in [-0.2, 0) is 12.0 Å². The van der Waals surface area contributed by atoms with Crippen LogP contribution in [0.15, 0.2) is 87.2 Å². The van der Waals surface area contributed by atoms with Gasteiger partial charge in [-0.25, -0.2) is 9.78 Å². The van der Waals surface area contributed by atoms with Crippen LogP contribution >= 0.6 is 15.9 Å². The van der Waals surface area contributed by atoms with Gasteiger partial charge in [-0.05, 0) is 80.1 Å². The van der Waals surface area contributed by atoms with Crippen LogP contribution in [0.1, 0.15) is 59.5 Å². The number of benzene rings is 3. The number of nitrogens with zero attached hydrogens (tertiary/aromatic N) is 4. The zero-order chi connectivity index (χ0) is 30.2. The number of hydrogen-bond acceptors (Lipinski definition) is 5. The second-order valence-electron chi connectivity index (χ2n) is 11.2. The highest BCUT2D eigenvalue weighted by molar-refractivity contribution is 9.10. The maximum absolute atomic E-state index is 13.5. The molecule has 42 heavy (non-hydrogen) atoms. The molecule has 5 rings (SSSR count). The summed E-state index contributed by atoms with van der Waals surface area (Å²) in [5, 5.41) is 14.3. The highest BCUT2D eigenvalue weighted by Crippen LogP contribution is 2.25. The lowest BCUT2D eigenvalue weighted by Gasteiger charge is -2.20. The van der Waals surface area contributed by atoms with Crippen molar-refractivity contribution in [3.8, 4) is 11.4 Å². The number of halogens is 1. The van der Waals surface area contributed by atoms with E-state index in [-0.39, 0.29) is 17.7 Å². The minimum Gasteiger partial charge on any atom is -0.489 e. The predicted octanol–water partition coefficient (Wildman–Crippen LogP) is 7.02. The van der Waals surface area contributed by atoms with Gasteiger partial charge >= 0.3 is 5.97 Å². The van der Waals surface area contributed by atoms with Crippen molar-refractivity contribution in [3.05, 3.63) is 122 Å². The number of hydrogen-bond donors (Lipinski definition) is 1. The molecule has 1 N–H and O–H groups in total. The van der Waals surface area contributed by atoms with Crippen LogP contribution < -0.4 is 10.3 Å². The van der Waals surface area contributed by atoms with Crippen molar-refractivity contribution in [2.75, 3.05) is 0 Å². The maximum Gasteiger partial charge on any atom is 0.335 e. The fourth-order valence-corrected chi connectivity index (χ4v) is 5.19. The van der Waals surface area contributed by atoms with Gasteiger partial charge in [0, 0.05) is 32.5 Å². The molecule has 0 unspecified atom stereocenters. The summed E-state index contributed by atoms with van der Waals surface area (Å²) < 4.78 is 10.2. The number of aryl methyl sites for hydroxylation is 1. The first kappa shape index (κ1) is 29.0. The first-order chi connectivity index (χ1) is 19.9. The number of ether oxygens (including phenoxy) is 1. The van der Waals surface area contributed by atoms with E-state index in [1.165, 1.54) is 4.68 Å². The van der Waals surface area contributed by atoms with E-state index in [9.17, 15) is 14.7 Å². The SMILES string of the molecule is Cc1cc(C=Nn2c(C(C)(C)C)nc3ccc(Br)cc3c2=O)c(C)n1-c1ccc(OCc2cccc(C(=O)O)c2)cc1. The zero-order valence-corrected chi connectivity index (χ0v) is 25.6. The third-order valence-corrected chi connectivity index (χ3v) is 7.43. The average Bonchev–Trinajstić information content (AvgIpc) is 3.23. The fraction of sp³-hybridized carbons (Fsp3) is 0.212. The van der Waals surface area contributed by atoms with E-state index >= 15 is 0 Å². The number of carboxylic acid groups (broad SMARTS) is 1. The molecule has 2 heterocycles. The maximum atomic E-state index is 13.5.